The van der Waals surface area contributed by atoms with Crippen molar-refractivity contribution in [3.05, 3.63) is 6.61 Å². The van der Waals surface area contributed by atoms with Gasteiger partial charge in [-0.05, 0) is 6.42 Å². The highest BCUT2D eigenvalue weighted by molar-refractivity contribution is 4.62. The molecule has 2 heteroatoms. The summed E-state index contributed by atoms with van der Waals surface area (Å²) < 4.78 is 0. The third-order valence-corrected chi connectivity index (χ3v) is 2.53. The van der Waals surface area contributed by atoms with Crippen molar-refractivity contribution in [1.29, 1.82) is 0 Å². The molecule has 2 nitrogen and oxygen atoms in total. The molecule has 0 aliphatic heterocycles. The minimum Gasteiger partial charge on any atom is -0.390 e. The van der Waals surface area contributed by atoms with E-state index in [1.807, 2.05) is 0 Å². The van der Waals surface area contributed by atoms with Crippen LogP contribution in [0.3, 0.4) is 0 Å². The summed E-state index contributed by atoms with van der Waals surface area (Å²) in [6.07, 6.45) is 10.2. The highest BCUT2D eigenvalue weighted by Gasteiger charge is 2.00. The number of aliphatic hydroxyl groups excluding tert-OH is 2. The van der Waals surface area contributed by atoms with Crippen LogP contribution in [0.25, 0.3) is 0 Å². The Morgan fingerprint density at radius 2 is 1.43 bits per heavy atom. The number of hydrogen-bond acceptors (Lipinski definition) is 2. The number of hydrogen-bond donors (Lipinski definition) is 2. The van der Waals surface area contributed by atoms with E-state index in [4.69, 9.17) is 10.2 Å². The largest absolute Gasteiger partial charge is 0.390 e. The summed E-state index contributed by atoms with van der Waals surface area (Å²) in [7, 11) is 0. The van der Waals surface area contributed by atoms with Crippen molar-refractivity contribution >= 4 is 0 Å². The molecule has 14 heavy (non-hydrogen) atoms. The predicted molar refractivity (Wildman–Crippen MR) is 59.5 cm³/mol. The summed E-state index contributed by atoms with van der Waals surface area (Å²) in [5.41, 5.74) is 0. The van der Waals surface area contributed by atoms with E-state index in [9.17, 15) is 0 Å². The summed E-state index contributed by atoms with van der Waals surface area (Å²) in [6.45, 7) is 3.11. The van der Waals surface area contributed by atoms with Crippen LogP contribution in [-0.2, 0) is 0 Å². The molecule has 1 radical (unpaired) electrons. The topological polar surface area (TPSA) is 40.5 Å². The van der Waals surface area contributed by atoms with Crippen LogP contribution >= 0.6 is 0 Å². The van der Waals surface area contributed by atoms with Crippen molar-refractivity contribution in [2.75, 3.05) is 0 Å². The second kappa shape index (κ2) is 11.0. The smallest absolute Gasteiger partial charge is 0.108 e. The highest BCUT2D eigenvalue weighted by atomic mass is 16.3. The zero-order valence-corrected chi connectivity index (χ0v) is 9.41. The fourth-order valence-corrected chi connectivity index (χ4v) is 1.56. The maximum Gasteiger partial charge on any atom is 0.108 e. The summed E-state index contributed by atoms with van der Waals surface area (Å²) in [6, 6.07) is 0. The second-order valence-electron chi connectivity index (χ2n) is 3.98. The van der Waals surface area contributed by atoms with Crippen molar-refractivity contribution in [1.82, 2.24) is 0 Å². The Kier molecular flexibility index (Phi) is 10.9. The van der Waals surface area contributed by atoms with Crippen LogP contribution in [0.1, 0.15) is 64.7 Å². The van der Waals surface area contributed by atoms with Gasteiger partial charge in [-0.1, -0.05) is 58.3 Å². The molecule has 2 N–H and O–H groups in total. The third kappa shape index (κ3) is 10.0. The number of unbranched alkanes of at least 4 members (excludes halogenated alkanes) is 7. The van der Waals surface area contributed by atoms with Crippen LogP contribution in [0.5, 0.6) is 0 Å². The van der Waals surface area contributed by atoms with Gasteiger partial charge in [0.1, 0.15) is 6.61 Å². The molecular weight excluding hydrogens is 176 g/mol. The third-order valence-electron chi connectivity index (χ3n) is 2.53. The first-order valence-electron chi connectivity index (χ1n) is 5.97. The molecule has 0 amide bonds. The van der Waals surface area contributed by atoms with Crippen molar-refractivity contribution in [2.45, 2.75) is 70.8 Å². The molecule has 0 aromatic rings. The van der Waals surface area contributed by atoms with Crippen LogP contribution < -0.4 is 0 Å². The van der Waals surface area contributed by atoms with Crippen LogP contribution in [0.4, 0.5) is 0 Å². The summed E-state index contributed by atoms with van der Waals surface area (Å²) >= 11 is 0. The molecule has 1 unspecified atom stereocenters. The SMILES string of the molecule is CCCCCCCCCCC(O)[CH]O. The van der Waals surface area contributed by atoms with Crippen molar-refractivity contribution in [2.24, 2.45) is 0 Å². The van der Waals surface area contributed by atoms with Crippen molar-refractivity contribution in [3.8, 4) is 0 Å². The highest BCUT2D eigenvalue weighted by Crippen LogP contribution is 2.10. The van der Waals surface area contributed by atoms with Crippen LogP contribution in [0.15, 0.2) is 0 Å². The molecule has 0 fully saturated rings. The molecule has 0 aliphatic carbocycles. The molecule has 85 valence electrons. The van der Waals surface area contributed by atoms with Gasteiger partial charge in [0, 0.05) is 0 Å². The van der Waals surface area contributed by atoms with E-state index >= 15 is 0 Å². The first-order valence-corrected chi connectivity index (χ1v) is 5.97. The Hall–Kier alpha value is -0.0800. The standard InChI is InChI=1S/C12H25O2/c1-2-3-4-5-6-7-8-9-10-12(14)11-13/h11-14H,2-10H2,1H3. The fourth-order valence-electron chi connectivity index (χ4n) is 1.56. The molecule has 0 spiro atoms. The number of rotatable bonds is 10. The Labute approximate surface area is 88.3 Å². The van der Waals surface area contributed by atoms with Gasteiger partial charge in [0.25, 0.3) is 0 Å². The lowest BCUT2D eigenvalue weighted by molar-refractivity contribution is 0.133. The second-order valence-corrected chi connectivity index (χ2v) is 3.98. The summed E-state index contributed by atoms with van der Waals surface area (Å²) in [5, 5.41) is 17.5. The summed E-state index contributed by atoms with van der Waals surface area (Å²) in [4.78, 5) is 0. The Morgan fingerprint density at radius 1 is 0.929 bits per heavy atom. The maximum absolute atomic E-state index is 9.03. The number of aliphatic hydroxyl groups is 2. The zero-order chi connectivity index (χ0) is 10.6. The Morgan fingerprint density at radius 3 is 1.93 bits per heavy atom. The average molecular weight is 201 g/mol. The van der Waals surface area contributed by atoms with Gasteiger partial charge in [0.15, 0.2) is 0 Å². The Balaban J connectivity index is 2.92. The maximum atomic E-state index is 9.03. The molecule has 0 heterocycles. The molecule has 0 saturated heterocycles. The monoisotopic (exact) mass is 201 g/mol. The minimum absolute atomic E-state index is 0.616. The van der Waals surface area contributed by atoms with Gasteiger partial charge in [-0.2, -0.15) is 0 Å². The van der Waals surface area contributed by atoms with Gasteiger partial charge < -0.3 is 10.2 Å². The molecule has 0 saturated carbocycles. The summed E-state index contributed by atoms with van der Waals surface area (Å²) in [5.74, 6) is 0. The predicted octanol–water partition coefficient (Wildman–Crippen LogP) is 3.41. The average Bonchev–Trinajstić information content (AvgIpc) is 2.21. The van der Waals surface area contributed by atoms with Crippen LogP contribution in [0.2, 0.25) is 0 Å². The lowest BCUT2D eigenvalue weighted by atomic mass is 10.1. The van der Waals surface area contributed by atoms with E-state index < -0.39 is 6.10 Å². The van der Waals surface area contributed by atoms with Gasteiger partial charge >= 0.3 is 0 Å². The van der Waals surface area contributed by atoms with Gasteiger partial charge in [0.2, 0.25) is 0 Å². The van der Waals surface area contributed by atoms with Gasteiger partial charge in [-0.25, -0.2) is 0 Å². The fraction of sp³-hybridized carbons (Fsp3) is 0.917. The van der Waals surface area contributed by atoms with Gasteiger partial charge in [-0.3, -0.25) is 0 Å². The van der Waals surface area contributed by atoms with E-state index in [1.54, 1.807) is 0 Å². The molecule has 0 bridgehead atoms. The van der Waals surface area contributed by atoms with Gasteiger partial charge in [0.05, 0.1) is 6.10 Å². The molecular formula is C12H25O2. The molecule has 0 aromatic heterocycles. The lowest BCUT2D eigenvalue weighted by Gasteiger charge is -2.05. The molecule has 0 rings (SSSR count). The van der Waals surface area contributed by atoms with Crippen LogP contribution in [0, 0.1) is 6.61 Å². The van der Waals surface area contributed by atoms with Gasteiger partial charge in [-0.15, -0.1) is 0 Å². The molecule has 0 aromatic carbocycles. The first-order chi connectivity index (χ1) is 6.81. The molecule has 1 atom stereocenters. The molecule has 0 aliphatic rings. The quantitative estimate of drug-likeness (QED) is 0.532. The Bertz CT molecular complexity index is 104. The lowest BCUT2D eigenvalue weighted by Crippen LogP contribution is -2.05. The van der Waals surface area contributed by atoms with Crippen LogP contribution in [-0.4, -0.2) is 16.3 Å². The van der Waals surface area contributed by atoms with Crippen molar-refractivity contribution < 1.29 is 10.2 Å². The first kappa shape index (κ1) is 13.9. The zero-order valence-electron chi connectivity index (χ0n) is 9.41. The van der Waals surface area contributed by atoms with E-state index in [0.29, 0.717) is 6.42 Å². The van der Waals surface area contributed by atoms with E-state index in [1.165, 1.54) is 44.9 Å². The van der Waals surface area contributed by atoms with E-state index in [-0.39, 0.29) is 0 Å². The van der Waals surface area contributed by atoms with Crippen molar-refractivity contribution in [3.63, 3.8) is 0 Å². The minimum atomic E-state index is -0.616. The van der Waals surface area contributed by atoms with E-state index in [2.05, 4.69) is 6.92 Å². The normalized spacial score (nSPS) is 13.1. The van der Waals surface area contributed by atoms with E-state index in [0.717, 1.165) is 13.0 Å².